The maximum Gasteiger partial charge on any atom is 0.342 e. The van der Waals surface area contributed by atoms with Crippen LogP contribution in [-0.2, 0) is 4.74 Å². The van der Waals surface area contributed by atoms with Gasteiger partial charge in [-0.2, -0.15) is 0 Å². The molecule has 170 valence electrons. The molecule has 0 aliphatic rings. The molecule has 3 rings (SSSR count). The average molecular weight is 457 g/mol. The molecule has 0 saturated heterocycles. The van der Waals surface area contributed by atoms with Gasteiger partial charge < -0.3 is 24.2 Å². The van der Waals surface area contributed by atoms with E-state index in [1.807, 2.05) is 50.4 Å². The molecule has 0 bridgehead atoms. The van der Waals surface area contributed by atoms with E-state index in [0.717, 1.165) is 5.56 Å². The van der Waals surface area contributed by atoms with Gasteiger partial charge in [-0.3, -0.25) is 0 Å². The predicted octanol–water partition coefficient (Wildman–Crippen LogP) is 4.70. The van der Waals surface area contributed by atoms with Gasteiger partial charge in [0.25, 0.3) is 0 Å². The van der Waals surface area contributed by atoms with Crippen LogP contribution in [0, 0.1) is 0 Å². The van der Waals surface area contributed by atoms with Crippen LogP contribution >= 0.6 is 11.3 Å². The summed E-state index contributed by atoms with van der Waals surface area (Å²) in [5, 5.41) is 12.6. The number of esters is 1. The summed E-state index contributed by atoms with van der Waals surface area (Å²) in [5.74, 6) is 0.430. The van der Waals surface area contributed by atoms with Gasteiger partial charge in [-0.25, -0.2) is 9.78 Å². The fourth-order valence-electron chi connectivity index (χ4n) is 3.26. The number of ether oxygens (including phenoxy) is 3. The minimum Gasteiger partial charge on any atom is -0.507 e. The van der Waals surface area contributed by atoms with Gasteiger partial charge in [0.05, 0.1) is 24.4 Å². The van der Waals surface area contributed by atoms with Crippen molar-refractivity contribution in [1.29, 1.82) is 0 Å². The van der Waals surface area contributed by atoms with E-state index in [2.05, 4.69) is 4.98 Å². The lowest BCUT2D eigenvalue weighted by atomic mass is 9.92. The Hall–Kier alpha value is -3.10. The third-order valence-electron chi connectivity index (χ3n) is 4.70. The van der Waals surface area contributed by atoms with E-state index in [0.29, 0.717) is 48.1 Å². The number of hydrogen-bond acceptors (Lipinski definition) is 8. The molecule has 7 nitrogen and oxygen atoms in total. The number of phenolic OH excluding ortho intramolecular Hbond substituents is 1. The van der Waals surface area contributed by atoms with Gasteiger partial charge in [0.2, 0.25) is 0 Å². The zero-order valence-corrected chi connectivity index (χ0v) is 19.6. The normalized spacial score (nSPS) is 10.9. The molecule has 3 aromatic rings. The SMILES string of the molecule is CCOc1ccc(-c2c(-c3cscn3)ccc(O)c2C(=O)OCCN(C)C)cc1OCC. The van der Waals surface area contributed by atoms with Crippen LogP contribution in [-0.4, -0.2) is 61.4 Å². The Balaban J connectivity index is 2.17. The van der Waals surface area contributed by atoms with Crippen LogP contribution in [0.5, 0.6) is 17.2 Å². The van der Waals surface area contributed by atoms with E-state index in [1.165, 1.54) is 17.4 Å². The quantitative estimate of drug-likeness (QED) is 0.443. The highest BCUT2D eigenvalue weighted by atomic mass is 32.1. The molecule has 0 atom stereocenters. The highest BCUT2D eigenvalue weighted by molar-refractivity contribution is 7.07. The second-order valence-corrected chi connectivity index (χ2v) is 7.94. The van der Waals surface area contributed by atoms with Crippen LogP contribution in [0.25, 0.3) is 22.4 Å². The van der Waals surface area contributed by atoms with Crippen LogP contribution in [0.15, 0.2) is 41.2 Å². The van der Waals surface area contributed by atoms with E-state index in [9.17, 15) is 9.90 Å². The highest BCUT2D eigenvalue weighted by Gasteiger charge is 2.25. The van der Waals surface area contributed by atoms with E-state index >= 15 is 0 Å². The highest BCUT2D eigenvalue weighted by Crippen LogP contribution is 2.42. The molecule has 0 saturated carbocycles. The molecule has 2 aromatic carbocycles. The summed E-state index contributed by atoms with van der Waals surface area (Å²) >= 11 is 1.45. The molecular weight excluding hydrogens is 428 g/mol. The first-order valence-electron chi connectivity index (χ1n) is 10.4. The van der Waals surface area contributed by atoms with Crippen molar-refractivity contribution >= 4 is 17.3 Å². The maximum atomic E-state index is 13.1. The zero-order chi connectivity index (χ0) is 23.1. The molecule has 1 aromatic heterocycles. The number of aromatic hydroxyl groups is 1. The number of aromatic nitrogens is 1. The molecule has 0 amide bonds. The summed E-state index contributed by atoms with van der Waals surface area (Å²) in [6.45, 7) is 5.54. The summed E-state index contributed by atoms with van der Waals surface area (Å²) < 4.78 is 16.9. The first-order valence-corrected chi connectivity index (χ1v) is 11.4. The average Bonchev–Trinajstić information content (AvgIpc) is 3.29. The smallest absolute Gasteiger partial charge is 0.342 e. The Morgan fingerprint density at radius 1 is 1.09 bits per heavy atom. The number of hydrogen-bond donors (Lipinski definition) is 1. The van der Waals surface area contributed by atoms with Gasteiger partial charge in [-0.15, -0.1) is 11.3 Å². The second-order valence-electron chi connectivity index (χ2n) is 7.22. The molecule has 8 heteroatoms. The van der Waals surface area contributed by atoms with Gasteiger partial charge in [0.15, 0.2) is 11.5 Å². The van der Waals surface area contributed by atoms with Crippen LogP contribution in [0.3, 0.4) is 0 Å². The Morgan fingerprint density at radius 2 is 1.84 bits per heavy atom. The third-order valence-corrected chi connectivity index (χ3v) is 5.29. The van der Waals surface area contributed by atoms with Crippen molar-refractivity contribution in [2.45, 2.75) is 13.8 Å². The Kier molecular flexibility index (Phi) is 8.08. The van der Waals surface area contributed by atoms with E-state index in [1.54, 1.807) is 17.6 Å². The molecule has 0 spiro atoms. The minimum atomic E-state index is -0.594. The first kappa shape index (κ1) is 23.6. The zero-order valence-electron chi connectivity index (χ0n) is 18.8. The van der Waals surface area contributed by atoms with Crippen molar-refractivity contribution in [3.8, 4) is 39.6 Å². The van der Waals surface area contributed by atoms with Crippen molar-refractivity contribution < 1.29 is 24.1 Å². The molecule has 0 unspecified atom stereocenters. The summed E-state index contributed by atoms with van der Waals surface area (Å²) in [4.78, 5) is 19.4. The number of carbonyl (C=O) groups excluding carboxylic acids is 1. The Labute approximate surface area is 192 Å². The van der Waals surface area contributed by atoms with E-state index in [-0.39, 0.29) is 17.9 Å². The topological polar surface area (TPSA) is 81.1 Å². The lowest BCUT2D eigenvalue weighted by molar-refractivity contribution is 0.0479. The van der Waals surface area contributed by atoms with Gasteiger partial charge in [0.1, 0.15) is 17.9 Å². The number of likely N-dealkylation sites (N-methyl/N-ethyl adjacent to an activating group) is 1. The standard InChI is InChI=1S/C24H28N2O5S/c1-5-29-20-10-7-16(13-21(20)30-6-2)22-17(18-14-32-15-25-18)8-9-19(27)23(22)24(28)31-12-11-26(3)4/h7-10,13-15,27H,5-6,11-12H2,1-4H3. The van der Waals surface area contributed by atoms with Gasteiger partial charge >= 0.3 is 5.97 Å². The van der Waals surface area contributed by atoms with E-state index in [4.69, 9.17) is 14.2 Å². The molecule has 0 aliphatic carbocycles. The molecule has 0 radical (unpaired) electrons. The molecule has 32 heavy (non-hydrogen) atoms. The Bertz CT molecular complexity index is 1050. The fourth-order valence-corrected chi connectivity index (χ4v) is 3.81. The third kappa shape index (κ3) is 5.38. The lowest BCUT2D eigenvalue weighted by Crippen LogP contribution is -2.20. The summed E-state index contributed by atoms with van der Waals surface area (Å²) in [6, 6.07) is 8.72. The van der Waals surface area contributed by atoms with Crippen molar-refractivity contribution in [1.82, 2.24) is 9.88 Å². The maximum absolute atomic E-state index is 13.1. The van der Waals surface area contributed by atoms with Crippen LogP contribution in [0.1, 0.15) is 24.2 Å². The second kappa shape index (κ2) is 11.0. The number of rotatable bonds is 10. The van der Waals surface area contributed by atoms with Gasteiger partial charge in [-0.05, 0) is 57.8 Å². The van der Waals surface area contributed by atoms with Crippen molar-refractivity contribution in [2.24, 2.45) is 0 Å². The van der Waals surface area contributed by atoms with Crippen molar-refractivity contribution in [3.05, 3.63) is 46.8 Å². The molecule has 0 fully saturated rings. The van der Waals surface area contributed by atoms with Crippen molar-refractivity contribution in [2.75, 3.05) is 40.5 Å². The Morgan fingerprint density at radius 3 is 2.50 bits per heavy atom. The lowest BCUT2D eigenvalue weighted by Gasteiger charge is -2.18. The number of thiazole rings is 1. The van der Waals surface area contributed by atoms with Crippen LogP contribution in [0.2, 0.25) is 0 Å². The number of carbonyl (C=O) groups is 1. The monoisotopic (exact) mass is 456 g/mol. The molecule has 1 heterocycles. The summed E-state index contributed by atoms with van der Waals surface area (Å²) in [7, 11) is 3.80. The minimum absolute atomic E-state index is 0.0980. The number of nitrogens with zero attached hydrogens (tertiary/aromatic N) is 2. The van der Waals surface area contributed by atoms with E-state index < -0.39 is 5.97 Å². The molecule has 0 aliphatic heterocycles. The van der Waals surface area contributed by atoms with Crippen molar-refractivity contribution in [3.63, 3.8) is 0 Å². The first-order chi connectivity index (χ1) is 15.5. The largest absolute Gasteiger partial charge is 0.507 e. The molecular formula is C24H28N2O5S. The van der Waals surface area contributed by atoms with Crippen LogP contribution < -0.4 is 9.47 Å². The summed E-state index contributed by atoms with van der Waals surface area (Å²) in [5.41, 5.74) is 4.48. The number of phenols is 1. The van der Waals surface area contributed by atoms with Gasteiger partial charge in [-0.1, -0.05) is 6.07 Å². The number of benzene rings is 2. The van der Waals surface area contributed by atoms with Crippen LogP contribution in [0.4, 0.5) is 0 Å². The fraction of sp³-hybridized carbons (Fsp3) is 0.333. The summed E-state index contributed by atoms with van der Waals surface area (Å²) in [6.07, 6.45) is 0. The predicted molar refractivity (Wildman–Crippen MR) is 126 cm³/mol. The van der Waals surface area contributed by atoms with Gasteiger partial charge in [0, 0.05) is 23.1 Å². The molecule has 1 N–H and O–H groups in total.